The fraction of sp³-hybridized carbons (Fsp3) is 0. The number of halogens is 1. The van der Waals surface area contributed by atoms with E-state index in [1.54, 1.807) is 0 Å². The molecule has 0 unspecified atom stereocenters. The highest BCUT2D eigenvalue weighted by atomic mass is 35.5. The van der Waals surface area contributed by atoms with Crippen molar-refractivity contribution in [1.82, 2.24) is 19.9 Å². The fourth-order valence-corrected chi connectivity index (χ4v) is 8.99. The highest BCUT2D eigenvalue weighted by Gasteiger charge is 2.17. The summed E-state index contributed by atoms with van der Waals surface area (Å²) in [7, 11) is 0. The van der Waals surface area contributed by atoms with Gasteiger partial charge in [0.1, 0.15) is 11.2 Å². The van der Waals surface area contributed by atoms with Gasteiger partial charge in [-0.1, -0.05) is 176 Å². The lowest BCUT2D eigenvalue weighted by molar-refractivity contribution is 0.670. The molecule has 9 aromatic carbocycles. The second kappa shape index (κ2) is 14.2. The molecule has 0 fully saturated rings. The van der Waals surface area contributed by atoms with Crippen molar-refractivity contribution >= 4 is 66.1 Å². The van der Waals surface area contributed by atoms with Crippen LogP contribution in [0.15, 0.2) is 199 Å². The van der Waals surface area contributed by atoms with Crippen molar-refractivity contribution in [2.45, 2.75) is 0 Å². The Hall–Kier alpha value is -7.86. The first-order chi connectivity index (χ1) is 30.1. The minimum atomic E-state index is 0.153. The molecule has 0 bridgehead atoms. The number of benzene rings is 9. The van der Waals surface area contributed by atoms with Gasteiger partial charge in [-0.15, -0.1) is 0 Å². The van der Waals surface area contributed by atoms with Crippen molar-refractivity contribution < 1.29 is 4.42 Å². The second-order valence-corrected chi connectivity index (χ2v) is 15.7. The van der Waals surface area contributed by atoms with Gasteiger partial charge < -0.3 is 9.40 Å². The Labute approximate surface area is 355 Å². The lowest BCUT2D eigenvalue weighted by atomic mass is 9.97. The van der Waals surface area contributed by atoms with Crippen molar-refractivity contribution in [3.05, 3.63) is 199 Å². The van der Waals surface area contributed by atoms with Gasteiger partial charge in [0, 0.05) is 49.2 Å². The third kappa shape index (κ3) is 6.05. The van der Waals surface area contributed by atoms with Crippen molar-refractivity contribution in [3.8, 4) is 67.3 Å². The number of aromatic amines is 1. The predicted molar refractivity (Wildman–Crippen MR) is 252 cm³/mol. The van der Waals surface area contributed by atoms with Gasteiger partial charge in [0.25, 0.3) is 0 Å². The number of para-hydroxylation sites is 2. The normalized spacial score (nSPS) is 11.7. The number of aromatic nitrogens is 4. The zero-order chi connectivity index (χ0) is 40.4. The van der Waals surface area contributed by atoms with Crippen LogP contribution in [0, 0.1) is 0 Å². The molecule has 0 aliphatic heterocycles. The summed E-state index contributed by atoms with van der Waals surface area (Å²) in [6.45, 7) is 0. The number of nitrogens with one attached hydrogen (secondary N) is 1. The Morgan fingerprint density at radius 2 is 0.902 bits per heavy atom. The largest absolute Gasteiger partial charge is 0.455 e. The van der Waals surface area contributed by atoms with Crippen LogP contribution in [-0.4, -0.2) is 19.9 Å². The Bertz CT molecular complexity index is 3650. The lowest BCUT2D eigenvalue weighted by Crippen LogP contribution is -1.97. The molecule has 0 aliphatic rings. The highest BCUT2D eigenvalue weighted by molar-refractivity contribution is 6.28. The molecular formula is C55H33ClN4O. The number of nitrogens with zero attached hydrogens (tertiary/aromatic N) is 3. The van der Waals surface area contributed by atoms with Crippen LogP contribution in [0.25, 0.3) is 122 Å². The first kappa shape index (κ1) is 35.1. The van der Waals surface area contributed by atoms with Gasteiger partial charge in [-0.25, -0.2) is 4.98 Å². The molecule has 0 spiro atoms. The fourth-order valence-electron chi connectivity index (χ4n) is 8.83. The molecule has 0 atom stereocenters. The Kier molecular flexibility index (Phi) is 8.15. The van der Waals surface area contributed by atoms with E-state index in [2.05, 4.69) is 167 Å². The molecule has 286 valence electrons. The molecule has 3 heterocycles. The average molecular weight is 801 g/mol. The van der Waals surface area contributed by atoms with Gasteiger partial charge in [0.2, 0.25) is 5.28 Å². The summed E-state index contributed by atoms with van der Waals surface area (Å²) in [5.41, 5.74) is 14.6. The van der Waals surface area contributed by atoms with Gasteiger partial charge in [0.05, 0.1) is 11.0 Å². The Balaban J connectivity index is 0.857. The summed E-state index contributed by atoms with van der Waals surface area (Å²) < 4.78 is 6.78. The lowest BCUT2D eigenvalue weighted by Gasteiger charge is -2.09. The molecule has 1 N–H and O–H groups in total. The topological polar surface area (TPSA) is 67.6 Å². The van der Waals surface area contributed by atoms with E-state index in [1.165, 1.54) is 21.5 Å². The Morgan fingerprint density at radius 3 is 1.69 bits per heavy atom. The van der Waals surface area contributed by atoms with Gasteiger partial charge in [-0.05, 0) is 68.6 Å². The number of rotatable bonds is 6. The molecule has 6 heteroatoms. The highest BCUT2D eigenvalue weighted by Crippen LogP contribution is 2.41. The van der Waals surface area contributed by atoms with E-state index < -0.39 is 0 Å². The van der Waals surface area contributed by atoms with E-state index in [4.69, 9.17) is 21.0 Å². The molecular weight excluding hydrogens is 768 g/mol. The minimum Gasteiger partial charge on any atom is -0.455 e. The second-order valence-electron chi connectivity index (χ2n) is 15.4. The molecule has 0 saturated heterocycles. The zero-order valence-electron chi connectivity index (χ0n) is 32.6. The molecule has 61 heavy (non-hydrogen) atoms. The summed E-state index contributed by atoms with van der Waals surface area (Å²) >= 11 is 6.46. The van der Waals surface area contributed by atoms with Crippen LogP contribution >= 0.6 is 11.6 Å². The summed E-state index contributed by atoms with van der Waals surface area (Å²) in [5.74, 6) is 1.05. The summed E-state index contributed by atoms with van der Waals surface area (Å²) in [6.07, 6.45) is 0. The van der Waals surface area contributed by atoms with Gasteiger partial charge in [0.15, 0.2) is 11.6 Å². The predicted octanol–water partition coefficient (Wildman–Crippen LogP) is 15.2. The van der Waals surface area contributed by atoms with Crippen LogP contribution in [0.3, 0.4) is 0 Å². The van der Waals surface area contributed by atoms with E-state index >= 15 is 0 Å². The maximum absolute atomic E-state index is 6.78. The average Bonchev–Trinajstić information content (AvgIpc) is 3.90. The number of H-pyrrole nitrogens is 1. The quantitative estimate of drug-likeness (QED) is 0.182. The molecule has 0 amide bonds. The molecule has 0 radical (unpaired) electrons. The summed E-state index contributed by atoms with van der Waals surface area (Å²) in [6, 6.07) is 67.8. The number of hydrogen-bond acceptors (Lipinski definition) is 4. The van der Waals surface area contributed by atoms with Gasteiger partial charge in [-0.3, -0.25) is 0 Å². The van der Waals surface area contributed by atoms with Crippen molar-refractivity contribution in [2.75, 3.05) is 0 Å². The molecule has 5 nitrogen and oxygen atoms in total. The number of hydrogen-bond donors (Lipinski definition) is 1. The summed E-state index contributed by atoms with van der Waals surface area (Å²) in [4.78, 5) is 17.5. The smallest absolute Gasteiger partial charge is 0.226 e. The number of furan rings is 1. The third-order valence-electron chi connectivity index (χ3n) is 11.9. The SMILES string of the molecule is Clc1nc(-c2ccc(-c3ccccc3)cc2)nc(-c2ccc(-c3cccc(-c4cccc5c4oc4cc(-c6cccc7c6[nH]c6c8ccccc8ccc76)ccc45)c3)cc2)n1. The minimum absolute atomic E-state index is 0.153. The van der Waals surface area contributed by atoms with E-state index in [0.717, 1.165) is 88.6 Å². The van der Waals surface area contributed by atoms with E-state index in [1.807, 2.05) is 42.5 Å². The third-order valence-corrected chi connectivity index (χ3v) is 12.0. The molecule has 12 aromatic rings. The maximum atomic E-state index is 6.78. The first-order valence-corrected chi connectivity index (χ1v) is 20.7. The van der Waals surface area contributed by atoms with Crippen molar-refractivity contribution in [3.63, 3.8) is 0 Å². The molecule has 0 saturated carbocycles. The van der Waals surface area contributed by atoms with Crippen molar-refractivity contribution in [1.29, 1.82) is 0 Å². The van der Waals surface area contributed by atoms with Crippen LogP contribution in [0.4, 0.5) is 0 Å². The van der Waals surface area contributed by atoms with Gasteiger partial charge in [-0.2, -0.15) is 9.97 Å². The zero-order valence-corrected chi connectivity index (χ0v) is 33.4. The van der Waals surface area contributed by atoms with Crippen LogP contribution in [0.2, 0.25) is 5.28 Å². The van der Waals surface area contributed by atoms with E-state index in [-0.39, 0.29) is 5.28 Å². The van der Waals surface area contributed by atoms with Crippen LogP contribution in [-0.2, 0) is 0 Å². The van der Waals surface area contributed by atoms with Crippen LogP contribution < -0.4 is 0 Å². The first-order valence-electron chi connectivity index (χ1n) is 20.3. The summed E-state index contributed by atoms with van der Waals surface area (Å²) in [5, 5.41) is 7.23. The van der Waals surface area contributed by atoms with Crippen LogP contribution in [0.5, 0.6) is 0 Å². The number of fused-ring (bicyclic) bond motifs is 8. The van der Waals surface area contributed by atoms with Crippen LogP contribution in [0.1, 0.15) is 0 Å². The van der Waals surface area contributed by atoms with Crippen molar-refractivity contribution in [2.24, 2.45) is 0 Å². The molecule has 3 aromatic heterocycles. The molecule has 0 aliphatic carbocycles. The standard InChI is InChI=1S/C55H33ClN4O/c56-55-59-53(37-23-19-34(20-24-37)33-9-2-1-3-10-33)58-54(60-55)38-25-21-35(22-26-38)39-12-6-13-40(31-39)44-16-8-18-48-45-29-28-41(32-49(45)61-52(44)48)43-15-7-17-46-47-30-27-36-11-4-5-14-42(36)50(47)57-51(43)46/h1-32,57H. The van der Waals surface area contributed by atoms with E-state index in [9.17, 15) is 0 Å². The van der Waals surface area contributed by atoms with Gasteiger partial charge >= 0.3 is 0 Å². The maximum Gasteiger partial charge on any atom is 0.226 e. The Morgan fingerprint density at radius 1 is 0.361 bits per heavy atom. The monoisotopic (exact) mass is 800 g/mol. The van der Waals surface area contributed by atoms with E-state index in [0.29, 0.717) is 11.6 Å². The molecule has 12 rings (SSSR count).